The molecule has 5 rings (SSSR count). The van der Waals surface area contributed by atoms with Gasteiger partial charge in [-0.05, 0) is 48.9 Å². The van der Waals surface area contributed by atoms with Crippen LogP contribution in [0.2, 0.25) is 0 Å². The molecule has 0 radical (unpaired) electrons. The summed E-state index contributed by atoms with van der Waals surface area (Å²) in [7, 11) is -3.25. The van der Waals surface area contributed by atoms with Crippen LogP contribution < -0.4 is 19.1 Å². The number of anilines is 1. The molecule has 0 saturated carbocycles. The van der Waals surface area contributed by atoms with Gasteiger partial charge < -0.3 is 19.1 Å². The maximum absolute atomic E-state index is 13.2. The zero-order valence-corrected chi connectivity index (χ0v) is 18.0. The molecule has 2 fully saturated rings. The van der Waals surface area contributed by atoms with Crippen LogP contribution in [0.5, 0.6) is 17.2 Å². The summed E-state index contributed by atoms with van der Waals surface area (Å²) in [5.74, 6) is 1.99. The van der Waals surface area contributed by atoms with E-state index in [4.69, 9.17) is 14.2 Å². The van der Waals surface area contributed by atoms with Gasteiger partial charge in [-0.15, -0.1) is 0 Å². The fourth-order valence-electron chi connectivity index (χ4n) is 4.61. The lowest BCUT2D eigenvalue weighted by Crippen LogP contribution is -2.61. The third kappa shape index (κ3) is 3.83. The Kier molecular flexibility index (Phi) is 5.02. The standard InChI is InChI=1S/C22H24N2O6S/c1-2-28-17-6-4-16(5-7-17)24-19-13-31(26,27)12-18(19)23(11-22(24)25)10-15-3-8-20-21(9-15)30-14-29-20/h3-9,18-19H,2,10-14H2,1H3. The molecule has 2 unspecified atom stereocenters. The molecule has 31 heavy (non-hydrogen) atoms. The number of piperazine rings is 1. The molecule has 3 aliphatic heterocycles. The Morgan fingerprint density at radius 1 is 1.03 bits per heavy atom. The van der Waals surface area contributed by atoms with E-state index in [-0.39, 0.29) is 36.8 Å². The van der Waals surface area contributed by atoms with Crippen molar-refractivity contribution < 1.29 is 27.4 Å². The molecular formula is C22H24N2O6S. The highest BCUT2D eigenvalue weighted by atomic mass is 32.2. The molecule has 2 aromatic carbocycles. The molecule has 164 valence electrons. The van der Waals surface area contributed by atoms with E-state index in [9.17, 15) is 13.2 Å². The highest BCUT2D eigenvalue weighted by Gasteiger charge is 2.49. The normalized spacial score (nSPS) is 24.3. The van der Waals surface area contributed by atoms with E-state index in [1.807, 2.05) is 54.3 Å². The lowest BCUT2D eigenvalue weighted by Gasteiger charge is -2.43. The minimum Gasteiger partial charge on any atom is -0.494 e. The molecular weight excluding hydrogens is 420 g/mol. The third-order valence-corrected chi connectivity index (χ3v) is 7.65. The molecule has 0 bridgehead atoms. The number of carbonyl (C=O) groups excluding carboxylic acids is 1. The number of carbonyl (C=O) groups is 1. The van der Waals surface area contributed by atoms with Gasteiger partial charge in [-0.2, -0.15) is 0 Å². The molecule has 0 N–H and O–H groups in total. The lowest BCUT2D eigenvalue weighted by molar-refractivity contribution is -0.123. The van der Waals surface area contributed by atoms with Crippen molar-refractivity contribution in [1.82, 2.24) is 4.90 Å². The fraction of sp³-hybridized carbons (Fsp3) is 0.409. The fourth-order valence-corrected chi connectivity index (χ4v) is 6.59. The number of nitrogens with zero attached hydrogens (tertiary/aromatic N) is 2. The van der Waals surface area contributed by atoms with Crippen molar-refractivity contribution in [3.8, 4) is 17.2 Å². The van der Waals surface area contributed by atoms with Crippen molar-refractivity contribution in [2.45, 2.75) is 25.6 Å². The molecule has 1 amide bonds. The monoisotopic (exact) mass is 444 g/mol. The van der Waals surface area contributed by atoms with Crippen molar-refractivity contribution in [1.29, 1.82) is 0 Å². The van der Waals surface area contributed by atoms with Crippen LogP contribution in [0.25, 0.3) is 0 Å². The number of fused-ring (bicyclic) bond motifs is 2. The average molecular weight is 445 g/mol. The van der Waals surface area contributed by atoms with E-state index in [0.717, 1.165) is 11.3 Å². The van der Waals surface area contributed by atoms with Crippen molar-refractivity contribution in [2.75, 3.05) is 36.4 Å². The number of hydrogen-bond acceptors (Lipinski definition) is 7. The van der Waals surface area contributed by atoms with E-state index >= 15 is 0 Å². The molecule has 3 aliphatic rings. The minimum absolute atomic E-state index is 0.0335. The predicted molar refractivity (Wildman–Crippen MR) is 114 cm³/mol. The number of sulfone groups is 1. The molecule has 0 aliphatic carbocycles. The van der Waals surface area contributed by atoms with E-state index in [2.05, 4.69) is 0 Å². The largest absolute Gasteiger partial charge is 0.494 e. The summed E-state index contributed by atoms with van der Waals surface area (Å²) in [5, 5.41) is 0. The Morgan fingerprint density at radius 2 is 1.77 bits per heavy atom. The van der Waals surface area contributed by atoms with E-state index < -0.39 is 15.9 Å². The van der Waals surface area contributed by atoms with E-state index in [1.54, 1.807) is 4.90 Å². The summed E-state index contributed by atoms with van der Waals surface area (Å²) in [6.07, 6.45) is 0. The molecule has 8 nitrogen and oxygen atoms in total. The Balaban J connectivity index is 1.42. The van der Waals surface area contributed by atoms with Crippen LogP contribution in [-0.4, -0.2) is 62.8 Å². The van der Waals surface area contributed by atoms with Gasteiger partial charge in [-0.25, -0.2) is 8.42 Å². The van der Waals surface area contributed by atoms with Gasteiger partial charge in [0, 0.05) is 18.3 Å². The SMILES string of the molecule is CCOc1ccc(N2C(=O)CN(Cc3ccc4c(c3)OCO4)C3CS(=O)(=O)CC32)cc1. The zero-order chi connectivity index (χ0) is 21.6. The van der Waals surface area contributed by atoms with Gasteiger partial charge in [0.2, 0.25) is 12.7 Å². The second-order valence-corrected chi connectivity index (χ2v) is 10.1. The summed E-state index contributed by atoms with van der Waals surface area (Å²) in [4.78, 5) is 16.8. The number of hydrogen-bond donors (Lipinski definition) is 0. The Morgan fingerprint density at radius 3 is 2.55 bits per heavy atom. The van der Waals surface area contributed by atoms with E-state index in [1.165, 1.54) is 0 Å². The van der Waals surface area contributed by atoms with Gasteiger partial charge in [-0.3, -0.25) is 9.69 Å². The van der Waals surface area contributed by atoms with Gasteiger partial charge >= 0.3 is 0 Å². The summed E-state index contributed by atoms with van der Waals surface area (Å²) in [6.45, 7) is 3.28. The van der Waals surface area contributed by atoms with Crippen molar-refractivity contribution in [2.24, 2.45) is 0 Å². The second kappa shape index (κ2) is 7.72. The smallest absolute Gasteiger partial charge is 0.241 e. The molecule has 2 atom stereocenters. The molecule has 3 heterocycles. The molecule has 2 saturated heterocycles. The Labute approximate surface area is 181 Å². The first-order chi connectivity index (χ1) is 14.9. The van der Waals surface area contributed by atoms with Crippen LogP contribution in [0, 0.1) is 0 Å². The van der Waals surface area contributed by atoms with Gasteiger partial charge in [0.1, 0.15) is 5.75 Å². The maximum atomic E-state index is 13.2. The molecule has 2 aromatic rings. The number of rotatable bonds is 5. The molecule has 9 heteroatoms. The quantitative estimate of drug-likeness (QED) is 0.696. The first-order valence-corrected chi connectivity index (χ1v) is 12.1. The maximum Gasteiger partial charge on any atom is 0.241 e. The summed E-state index contributed by atoms with van der Waals surface area (Å²) >= 11 is 0. The van der Waals surface area contributed by atoms with Gasteiger partial charge in [0.25, 0.3) is 0 Å². The molecule has 0 spiro atoms. The zero-order valence-electron chi connectivity index (χ0n) is 17.2. The van der Waals surface area contributed by atoms with Crippen LogP contribution in [0.3, 0.4) is 0 Å². The average Bonchev–Trinajstić information content (AvgIpc) is 3.32. The summed E-state index contributed by atoms with van der Waals surface area (Å²) in [6, 6.07) is 12.2. The van der Waals surface area contributed by atoms with Crippen LogP contribution in [0.4, 0.5) is 5.69 Å². The Bertz CT molecular complexity index is 1100. The highest BCUT2D eigenvalue weighted by molar-refractivity contribution is 7.91. The van der Waals surface area contributed by atoms with Crippen molar-refractivity contribution in [3.05, 3.63) is 48.0 Å². The highest BCUT2D eigenvalue weighted by Crippen LogP contribution is 2.36. The van der Waals surface area contributed by atoms with Gasteiger partial charge in [0.05, 0.1) is 30.7 Å². The van der Waals surface area contributed by atoms with Gasteiger partial charge in [-0.1, -0.05) is 6.07 Å². The predicted octanol–water partition coefficient (Wildman–Crippen LogP) is 1.83. The summed E-state index contributed by atoms with van der Waals surface area (Å²) in [5.41, 5.74) is 1.65. The third-order valence-electron chi connectivity index (χ3n) is 5.95. The summed E-state index contributed by atoms with van der Waals surface area (Å²) < 4.78 is 41.4. The topological polar surface area (TPSA) is 85.4 Å². The lowest BCUT2D eigenvalue weighted by atomic mass is 10.0. The van der Waals surface area contributed by atoms with Crippen LogP contribution in [0.15, 0.2) is 42.5 Å². The minimum atomic E-state index is -3.25. The van der Waals surface area contributed by atoms with E-state index in [0.29, 0.717) is 30.3 Å². The second-order valence-electron chi connectivity index (χ2n) is 7.99. The first kappa shape index (κ1) is 20.1. The number of amides is 1. The Hall–Kier alpha value is -2.78. The van der Waals surface area contributed by atoms with Gasteiger partial charge in [0.15, 0.2) is 21.3 Å². The number of benzene rings is 2. The van der Waals surface area contributed by atoms with Crippen LogP contribution in [0.1, 0.15) is 12.5 Å². The molecule has 0 aromatic heterocycles. The number of ether oxygens (including phenoxy) is 3. The van der Waals surface area contributed by atoms with Crippen LogP contribution in [-0.2, 0) is 21.2 Å². The van der Waals surface area contributed by atoms with Crippen molar-refractivity contribution >= 4 is 21.4 Å². The van der Waals surface area contributed by atoms with Crippen molar-refractivity contribution in [3.63, 3.8) is 0 Å². The first-order valence-electron chi connectivity index (χ1n) is 10.3. The van der Waals surface area contributed by atoms with Crippen LogP contribution >= 0.6 is 0 Å².